The van der Waals surface area contributed by atoms with E-state index >= 15 is 0 Å². The third-order valence-corrected chi connectivity index (χ3v) is 6.11. The number of carbonyl (C=O) groups excluding carboxylic acids is 1. The first kappa shape index (κ1) is 21.8. The van der Waals surface area contributed by atoms with Crippen LogP contribution in [-0.2, 0) is 0 Å². The van der Waals surface area contributed by atoms with Gasteiger partial charge in [-0.3, -0.25) is 0 Å². The summed E-state index contributed by atoms with van der Waals surface area (Å²) in [5.41, 5.74) is 3.66. The largest absolute Gasteiger partial charge is 0.497 e. The number of fused-ring (bicyclic) bond motifs is 2. The fourth-order valence-corrected chi connectivity index (χ4v) is 4.28. The highest BCUT2D eigenvalue weighted by Crippen LogP contribution is 2.38. The Morgan fingerprint density at radius 1 is 0.971 bits per heavy atom. The first-order valence-electron chi connectivity index (χ1n) is 11.5. The molecule has 174 valence electrons. The summed E-state index contributed by atoms with van der Waals surface area (Å²) in [5, 5.41) is 2.99. The normalized spacial score (nSPS) is 15.2. The number of carbonyl (C=O) groups is 1. The van der Waals surface area contributed by atoms with Crippen LogP contribution < -0.4 is 14.8 Å². The van der Waals surface area contributed by atoms with Crippen LogP contribution in [0, 0.1) is 6.92 Å². The molecule has 1 saturated heterocycles. The van der Waals surface area contributed by atoms with Gasteiger partial charge in [0.2, 0.25) is 0 Å². The van der Waals surface area contributed by atoms with Crippen LogP contribution >= 0.6 is 0 Å². The zero-order valence-corrected chi connectivity index (χ0v) is 19.5. The molecule has 2 aliphatic rings. The molecule has 7 nitrogen and oxygen atoms in total. The van der Waals surface area contributed by atoms with E-state index in [1.54, 1.807) is 7.11 Å². The fourth-order valence-electron chi connectivity index (χ4n) is 4.28. The molecule has 1 N–H and O–H groups in total. The van der Waals surface area contributed by atoms with Crippen LogP contribution in [0.3, 0.4) is 0 Å². The molecule has 1 fully saturated rings. The first-order valence-corrected chi connectivity index (χ1v) is 11.5. The van der Waals surface area contributed by atoms with Crippen LogP contribution in [0.2, 0.25) is 0 Å². The lowest BCUT2D eigenvalue weighted by Crippen LogP contribution is -2.39. The Morgan fingerprint density at radius 2 is 1.79 bits per heavy atom. The third kappa shape index (κ3) is 4.55. The second-order valence-electron chi connectivity index (χ2n) is 8.49. The zero-order valence-electron chi connectivity index (χ0n) is 19.5. The van der Waals surface area contributed by atoms with E-state index in [1.807, 2.05) is 78.6 Å². The number of amidine groups is 1. The van der Waals surface area contributed by atoms with E-state index in [9.17, 15) is 4.79 Å². The van der Waals surface area contributed by atoms with Crippen molar-refractivity contribution in [3.05, 3.63) is 77.9 Å². The number of benzene rings is 3. The molecule has 0 radical (unpaired) electrons. The second-order valence-corrected chi connectivity index (χ2v) is 8.49. The molecule has 7 heteroatoms. The molecule has 3 aromatic rings. The minimum absolute atomic E-state index is 0.0978. The van der Waals surface area contributed by atoms with Crippen molar-refractivity contribution in [2.75, 3.05) is 38.6 Å². The molecular weight excluding hydrogens is 428 g/mol. The molecule has 0 aliphatic carbocycles. The number of ether oxygens (including phenoxy) is 2. The molecule has 0 saturated carbocycles. The lowest BCUT2D eigenvalue weighted by atomic mass is 10.1. The number of hydrogen-bond donors (Lipinski definition) is 1. The number of aliphatic imine (C=N–C) groups is 1. The number of methoxy groups -OCH3 is 1. The van der Waals surface area contributed by atoms with Crippen LogP contribution in [0.5, 0.6) is 17.2 Å². The van der Waals surface area contributed by atoms with Crippen molar-refractivity contribution in [3.63, 3.8) is 0 Å². The molecule has 0 bridgehead atoms. The van der Waals surface area contributed by atoms with E-state index < -0.39 is 0 Å². The quantitative estimate of drug-likeness (QED) is 0.559. The van der Waals surface area contributed by atoms with E-state index in [-0.39, 0.29) is 6.03 Å². The van der Waals surface area contributed by atoms with Crippen molar-refractivity contribution in [3.8, 4) is 17.2 Å². The third-order valence-electron chi connectivity index (χ3n) is 6.11. The predicted molar refractivity (Wildman–Crippen MR) is 134 cm³/mol. The van der Waals surface area contributed by atoms with Gasteiger partial charge in [-0.05, 0) is 67.4 Å². The lowest BCUT2D eigenvalue weighted by Gasteiger charge is -2.25. The summed E-state index contributed by atoms with van der Waals surface area (Å²) >= 11 is 0. The van der Waals surface area contributed by atoms with Crippen LogP contribution in [0.4, 0.5) is 16.2 Å². The fraction of sp³-hybridized carbons (Fsp3) is 0.259. The smallest absolute Gasteiger partial charge is 0.321 e. The molecule has 0 spiro atoms. The summed E-state index contributed by atoms with van der Waals surface area (Å²) in [6.07, 6.45) is 0.846. The van der Waals surface area contributed by atoms with Crippen LogP contribution in [0.1, 0.15) is 17.5 Å². The highest BCUT2D eigenvalue weighted by Gasteiger charge is 2.26. The molecule has 2 aliphatic heterocycles. The number of nitrogens with zero attached hydrogens (tertiary/aromatic N) is 3. The van der Waals surface area contributed by atoms with E-state index in [0.29, 0.717) is 19.6 Å². The maximum absolute atomic E-state index is 12.9. The van der Waals surface area contributed by atoms with Crippen molar-refractivity contribution in [1.82, 2.24) is 9.80 Å². The number of amides is 2. The number of rotatable bonds is 2. The average molecular weight is 457 g/mol. The van der Waals surface area contributed by atoms with E-state index in [1.165, 1.54) is 0 Å². The van der Waals surface area contributed by atoms with Gasteiger partial charge in [-0.15, -0.1) is 0 Å². The molecule has 2 amide bonds. The van der Waals surface area contributed by atoms with Gasteiger partial charge in [0, 0.05) is 31.9 Å². The van der Waals surface area contributed by atoms with Crippen molar-refractivity contribution in [2.24, 2.45) is 4.99 Å². The first-order chi connectivity index (χ1) is 16.6. The molecule has 0 unspecified atom stereocenters. The lowest BCUT2D eigenvalue weighted by molar-refractivity contribution is 0.214. The number of nitrogens with one attached hydrogen (secondary N) is 1. The molecule has 0 atom stereocenters. The average Bonchev–Trinajstić information content (AvgIpc) is 3.19. The van der Waals surface area contributed by atoms with Gasteiger partial charge >= 0.3 is 6.03 Å². The summed E-state index contributed by atoms with van der Waals surface area (Å²) in [6.45, 7) is 4.82. The molecule has 5 rings (SSSR count). The van der Waals surface area contributed by atoms with Crippen molar-refractivity contribution in [2.45, 2.75) is 13.3 Å². The Bertz CT molecular complexity index is 1220. The summed E-state index contributed by atoms with van der Waals surface area (Å²) in [7, 11) is 1.62. The standard InChI is InChI=1S/C27H28N4O3/c1-19-8-13-23-25(18-19)34-24-7-4-3-6-22(24)26(29-23)30-14-5-15-31(17-16-30)27(32)28-20-9-11-21(33-2)12-10-20/h3-4,6-13,18H,5,14-17H2,1-2H3,(H,28,32). The van der Waals surface area contributed by atoms with Gasteiger partial charge in [-0.25, -0.2) is 9.79 Å². The van der Waals surface area contributed by atoms with E-state index in [2.05, 4.69) is 10.2 Å². The topological polar surface area (TPSA) is 66.4 Å². The molecule has 34 heavy (non-hydrogen) atoms. The number of hydrogen-bond acceptors (Lipinski definition) is 5. The Balaban J connectivity index is 1.35. The summed E-state index contributed by atoms with van der Waals surface area (Å²) < 4.78 is 11.4. The SMILES string of the molecule is COc1ccc(NC(=O)N2CCCN(C3=Nc4ccc(C)cc4Oc4ccccc43)CC2)cc1. The zero-order chi connectivity index (χ0) is 23.5. The molecular formula is C27H28N4O3. The molecule has 3 aromatic carbocycles. The van der Waals surface area contributed by atoms with Crippen LogP contribution in [0.15, 0.2) is 71.7 Å². The number of anilines is 1. The van der Waals surface area contributed by atoms with E-state index in [0.717, 1.165) is 58.6 Å². The van der Waals surface area contributed by atoms with Crippen molar-refractivity contribution >= 4 is 23.2 Å². The van der Waals surface area contributed by atoms with Crippen molar-refractivity contribution in [1.29, 1.82) is 0 Å². The number of urea groups is 1. The summed E-state index contributed by atoms with van der Waals surface area (Å²) in [4.78, 5) is 22.1. The summed E-state index contributed by atoms with van der Waals surface area (Å²) in [6, 6.07) is 21.3. The highest BCUT2D eigenvalue weighted by molar-refractivity contribution is 6.03. The minimum atomic E-state index is -0.0978. The van der Waals surface area contributed by atoms with E-state index in [4.69, 9.17) is 14.5 Å². The Hall–Kier alpha value is -4.00. The maximum Gasteiger partial charge on any atom is 0.321 e. The Morgan fingerprint density at radius 3 is 2.62 bits per heavy atom. The van der Waals surface area contributed by atoms with Crippen LogP contribution in [-0.4, -0.2) is 55.0 Å². The van der Waals surface area contributed by atoms with Crippen LogP contribution in [0.25, 0.3) is 0 Å². The predicted octanol–water partition coefficient (Wildman–Crippen LogP) is 5.43. The van der Waals surface area contributed by atoms with Gasteiger partial charge < -0.3 is 24.6 Å². The van der Waals surface area contributed by atoms with Gasteiger partial charge in [-0.2, -0.15) is 0 Å². The van der Waals surface area contributed by atoms with Gasteiger partial charge in [0.15, 0.2) is 5.75 Å². The summed E-state index contributed by atoms with van der Waals surface area (Å²) in [5.74, 6) is 3.20. The number of para-hydroxylation sites is 1. The van der Waals surface area contributed by atoms with Gasteiger partial charge in [0.05, 0.1) is 12.7 Å². The Labute approximate surface area is 199 Å². The van der Waals surface area contributed by atoms with Gasteiger partial charge in [0.25, 0.3) is 0 Å². The van der Waals surface area contributed by atoms with Gasteiger partial charge in [0.1, 0.15) is 23.0 Å². The Kier molecular flexibility index (Phi) is 6.08. The monoisotopic (exact) mass is 456 g/mol. The minimum Gasteiger partial charge on any atom is -0.497 e. The molecule has 2 heterocycles. The second kappa shape index (κ2) is 9.47. The highest BCUT2D eigenvalue weighted by atomic mass is 16.5. The molecule has 0 aromatic heterocycles. The van der Waals surface area contributed by atoms with Gasteiger partial charge in [-0.1, -0.05) is 18.2 Å². The maximum atomic E-state index is 12.9. The number of aryl methyl sites for hydroxylation is 1. The van der Waals surface area contributed by atoms with Crippen molar-refractivity contribution < 1.29 is 14.3 Å².